The van der Waals surface area contributed by atoms with Gasteiger partial charge in [0.15, 0.2) is 6.10 Å². The summed E-state index contributed by atoms with van der Waals surface area (Å²) in [5, 5.41) is 0. The molecule has 462 valence electrons. The van der Waals surface area contributed by atoms with Crippen LogP contribution in [0.3, 0.4) is 0 Å². The maximum absolute atomic E-state index is 12.9. The molecule has 0 bridgehead atoms. The highest BCUT2D eigenvalue weighted by atomic mass is 16.6. The molecule has 6 heteroatoms. The molecule has 0 heterocycles. The number of esters is 3. The van der Waals surface area contributed by atoms with E-state index in [2.05, 4.69) is 215 Å². The molecule has 0 radical (unpaired) electrons. The second kappa shape index (κ2) is 68.7. The molecular formula is C77H118O6. The summed E-state index contributed by atoms with van der Waals surface area (Å²) in [7, 11) is 0. The lowest BCUT2D eigenvalue weighted by Crippen LogP contribution is -2.30. The van der Waals surface area contributed by atoms with Crippen molar-refractivity contribution < 1.29 is 28.6 Å². The summed E-state index contributed by atoms with van der Waals surface area (Å²) in [6, 6.07) is 0. The van der Waals surface area contributed by atoms with E-state index in [0.717, 1.165) is 180 Å². The Morgan fingerprint density at radius 2 is 0.470 bits per heavy atom. The van der Waals surface area contributed by atoms with Crippen molar-refractivity contribution in [2.45, 2.75) is 258 Å². The molecule has 0 aliphatic heterocycles. The summed E-state index contributed by atoms with van der Waals surface area (Å²) >= 11 is 0. The summed E-state index contributed by atoms with van der Waals surface area (Å²) in [4.78, 5) is 38.3. The molecular weight excluding hydrogens is 1020 g/mol. The van der Waals surface area contributed by atoms with Crippen LogP contribution >= 0.6 is 0 Å². The minimum Gasteiger partial charge on any atom is -0.462 e. The fourth-order valence-electron chi connectivity index (χ4n) is 8.20. The molecule has 0 N–H and O–H groups in total. The van der Waals surface area contributed by atoms with Gasteiger partial charge in [0.1, 0.15) is 13.2 Å². The lowest BCUT2D eigenvalue weighted by atomic mass is 10.1. The second-order valence-electron chi connectivity index (χ2n) is 20.9. The summed E-state index contributed by atoms with van der Waals surface area (Å²) in [5.74, 6) is -1.01. The van der Waals surface area contributed by atoms with E-state index in [1.807, 2.05) is 0 Å². The number of allylic oxidation sites excluding steroid dienone is 32. The van der Waals surface area contributed by atoms with Gasteiger partial charge in [-0.3, -0.25) is 14.4 Å². The van der Waals surface area contributed by atoms with E-state index in [1.54, 1.807) is 0 Å². The average Bonchev–Trinajstić information content (AvgIpc) is 3.49. The molecule has 0 spiro atoms. The third-order valence-electron chi connectivity index (χ3n) is 13.1. The molecule has 0 aromatic rings. The highest BCUT2D eigenvalue weighted by Gasteiger charge is 2.19. The van der Waals surface area contributed by atoms with Gasteiger partial charge in [-0.25, -0.2) is 0 Å². The molecule has 0 aliphatic rings. The van der Waals surface area contributed by atoms with Gasteiger partial charge in [0.25, 0.3) is 0 Å². The van der Waals surface area contributed by atoms with E-state index in [4.69, 9.17) is 14.2 Å². The third-order valence-corrected chi connectivity index (χ3v) is 13.1. The van der Waals surface area contributed by atoms with Crippen LogP contribution in [0.25, 0.3) is 0 Å². The van der Waals surface area contributed by atoms with Crippen LogP contribution in [0.15, 0.2) is 194 Å². The Balaban J connectivity index is 4.48. The Morgan fingerprint density at radius 3 is 0.759 bits per heavy atom. The molecule has 0 aliphatic carbocycles. The van der Waals surface area contributed by atoms with E-state index >= 15 is 0 Å². The molecule has 0 aromatic heterocycles. The van der Waals surface area contributed by atoms with Crippen molar-refractivity contribution >= 4 is 17.9 Å². The van der Waals surface area contributed by atoms with Crippen LogP contribution in [-0.4, -0.2) is 37.2 Å². The zero-order valence-electron chi connectivity index (χ0n) is 52.9. The first kappa shape index (κ1) is 77.2. The van der Waals surface area contributed by atoms with E-state index in [9.17, 15) is 14.4 Å². The molecule has 1 atom stereocenters. The SMILES string of the molecule is CC/C=C\C/C=C\C/C=C\C/C=C\C/C=C\C/C=C\C/C=C\C/C=C\C/C=C\C/C=C\CCCCC(=O)OCC(COC(=O)CCCCCCC/C=C\C/C=C\CCCCC)OC(=O)CCCCCC/C=C\C/C=C\C/C=C\C/C=C\CC. The van der Waals surface area contributed by atoms with Gasteiger partial charge in [-0.1, -0.05) is 260 Å². The predicted octanol–water partition coefficient (Wildman–Crippen LogP) is 23.0. The Kier molecular flexibility index (Phi) is 64.0. The molecule has 1 unspecified atom stereocenters. The van der Waals surface area contributed by atoms with Crippen LogP contribution in [0, 0.1) is 0 Å². The Labute approximate surface area is 509 Å². The molecule has 0 aromatic carbocycles. The van der Waals surface area contributed by atoms with Crippen LogP contribution in [-0.2, 0) is 28.6 Å². The van der Waals surface area contributed by atoms with Crippen LogP contribution in [0.1, 0.15) is 252 Å². The number of carbonyl (C=O) groups is 3. The summed E-state index contributed by atoms with van der Waals surface area (Å²) in [5.41, 5.74) is 0. The largest absolute Gasteiger partial charge is 0.462 e. The lowest BCUT2D eigenvalue weighted by Gasteiger charge is -2.18. The first-order valence-corrected chi connectivity index (χ1v) is 32.9. The number of hydrogen-bond acceptors (Lipinski definition) is 6. The van der Waals surface area contributed by atoms with E-state index < -0.39 is 6.10 Å². The Morgan fingerprint density at radius 1 is 0.253 bits per heavy atom. The van der Waals surface area contributed by atoms with Gasteiger partial charge >= 0.3 is 17.9 Å². The Bertz CT molecular complexity index is 1990. The van der Waals surface area contributed by atoms with E-state index in [1.165, 1.54) is 25.7 Å². The van der Waals surface area contributed by atoms with E-state index in [0.29, 0.717) is 12.8 Å². The smallest absolute Gasteiger partial charge is 0.306 e. The quantitative estimate of drug-likeness (QED) is 0.0261. The fraction of sp³-hybridized carbons (Fsp3) is 0.545. The molecule has 83 heavy (non-hydrogen) atoms. The van der Waals surface area contributed by atoms with Gasteiger partial charge in [0, 0.05) is 19.3 Å². The minimum absolute atomic E-state index is 0.119. The lowest BCUT2D eigenvalue weighted by molar-refractivity contribution is -0.167. The molecule has 0 fully saturated rings. The summed E-state index contributed by atoms with van der Waals surface area (Å²) in [6.45, 7) is 6.30. The summed E-state index contributed by atoms with van der Waals surface area (Å²) in [6.07, 6.45) is 104. The number of unbranched alkanes of at least 4 members (excludes halogenated alkanes) is 14. The van der Waals surface area contributed by atoms with Crippen molar-refractivity contribution in [1.82, 2.24) is 0 Å². The second-order valence-corrected chi connectivity index (χ2v) is 20.9. The first-order chi connectivity index (χ1) is 41.0. The van der Waals surface area contributed by atoms with Crippen molar-refractivity contribution in [3.63, 3.8) is 0 Å². The summed E-state index contributed by atoms with van der Waals surface area (Å²) < 4.78 is 16.8. The van der Waals surface area contributed by atoms with Crippen LogP contribution < -0.4 is 0 Å². The van der Waals surface area contributed by atoms with Gasteiger partial charge in [-0.2, -0.15) is 0 Å². The topological polar surface area (TPSA) is 78.9 Å². The molecule has 0 amide bonds. The van der Waals surface area contributed by atoms with Crippen molar-refractivity contribution in [2.24, 2.45) is 0 Å². The molecule has 0 rings (SSSR count). The van der Waals surface area contributed by atoms with Gasteiger partial charge in [-0.15, -0.1) is 0 Å². The van der Waals surface area contributed by atoms with Gasteiger partial charge in [0.2, 0.25) is 0 Å². The maximum Gasteiger partial charge on any atom is 0.306 e. The normalized spacial score (nSPS) is 13.4. The standard InChI is InChI=1S/C77H118O6/c1-4-7-10-13-16-19-22-25-28-30-31-32-33-34-35-36-37-38-39-40-41-42-43-44-45-47-49-52-55-58-61-64-67-70-76(79)82-73-74(72-81-75(78)69-66-63-60-57-54-51-48-27-24-21-18-15-12-9-6-3)83-77(80)71-68-65-62-59-56-53-50-46-29-26-23-20-17-14-11-8-5-2/h7-8,10-11,16-21,25-29,31-32,34-35,37-38,40-41,43-44,47-50,53,55,58,74H,4-6,9,12-15,22-24,30,33,36,39,42,45-46,51-52,54,56-57,59-73H2,1-3H3/b10-7-,11-8-,19-16-,20-17-,21-18-,28-25-,29-26-,32-31-,35-34-,38-37-,41-40-,44-43-,48-27-,49-47-,53-50-,58-55-. The molecule has 0 saturated carbocycles. The number of ether oxygens (including phenoxy) is 3. The number of carbonyl (C=O) groups excluding carboxylic acids is 3. The number of hydrogen-bond donors (Lipinski definition) is 0. The zero-order chi connectivity index (χ0) is 59.9. The van der Waals surface area contributed by atoms with Crippen molar-refractivity contribution in [3.05, 3.63) is 194 Å². The van der Waals surface area contributed by atoms with Crippen molar-refractivity contribution in [3.8, 4) is 0 Å². The fourth-order valence-corrected chi connectivity index (χ4v) is 8.20. The maximum atomic E-state index is 12.9. The molecule has 0 saturated heterocycles. The van der Waals surface area contributed by atoms with Gasteiger partial charge in [-0.05, 0) is 167 Å². The highest BCUT2D eigenvalue weighted by Crippen LogP contribution is 2.13. The van der Waals surface area contributed by atoms with Crippen LogP contribution in [0.5, 0.6) is 0 Å². The average molecular weight is 1140 g/mol. The molecule has 6 nitrogen and oxygen atoms in total. The van der Waals surface area contributed by atoms with Crippen LogP contribution in [0.4, 0.5) is 0 Å². The van der Waals surface area contributed by atoms with Crippen molar-refractivity contribution in [2.75, 3.05) is 13.2 Å². The third kappa shape index (κ3) is 66.9. The van der Waals surface area contributed by atoms with Gasteiger partial charge in [0.05, 0.1) is 0 Å². The Hall–Kier alpha value is -5.75. The van der Waals surface area contributed by atoms with Crippen molar-refractivity contribution in [1.29, 1.82) is 0 Å². The van der Waals surface area contributed by atoms with Crippen LogP contribution in [0.2, 0.25) is 0 Å². The van der Waals surface area contributed by atoms with E-state index in [-0.39, 0.29) is 44.0 Å². The predicted molar refractivity (Wildman–Crippen MR) is 361 cm³/mol. The monoisotopic (exact) mass is 1140 g/mol. The number of rotatable bonds is 57. The first-order valence-electron chi connectivity index (χ1n) is 32.9. The van der Waals surface area contributed by atoms with Gasteiger partial charge < -0.3 is 14.2 Å². The highest BCUT2D eigenvalue weighted by molar-refractivity contribution is 5.71. The minimum atomic E-state index is -0.828. The zero-order valence-corrected chi connectivity index (χ0v) is 52.9.